The van der Waals surface area contributed by atoms with Crippen LogP contribution in [0.2, 0.25) is 0 Å². The van der Waals surface area contributed by atoms with Gasteiger partial charge >= 0.3 is 0 Å². The van der Waals surface area contributed by atoms with Crippen molar-refractivity contribution in [2.45, 2.75) is 25.4 Å². The highest BCUT2D eigenvalue weighted by Crippen LogP contribution is 2.27. The van der Waals surface area contributed by atoms with Gasteiger partial charge in [-0.3, -0.25) is 9.69 Å². The second kappa shape index (κ2) is 4.28. The van der Waals surface area contributed by atoms with Crippen molar-refractivity contribution >= 4 is 5.91 Å². The van der Waals surface area contributed by atoms with E-state index in [4.69, 9.17) is 0 Å². The third-order valence-electron chi connectivity index (χ3n) is 2.90. The SMILES string of the molecule is O=C(CN1CC[C@H](O)C1)NCC1CC1. The molecule has 1 heterocycles. The number of aliphatic hydroxyl groups excluding tert-OH is 1. The predicted molar refractivity (Wildman–Crippen MR) is 52.8 cm³/mol. The summed E-state index contributed by atoms with van der Waals surface area (Å²) in [5.41, 5.74) is 0. The van der Waals surface area contributed by atoms with Crippen LogP contribution in [0.3, 0.4) is 0 Å². The highest BCUT2D eigenvalue weighted by Gasteiger charge is 2.24. The zero-order valence-electron chi connectivity index (χ0n) is 8.41. The Bertz CT molecular complexity index is 216. The first-order valence-corrected chi connectivity index (χ1v) is 5.41. The second-order valence-corrected chi connectivity index (χ2v) is 4.43. The molecule has 0 aromatic carbocycles. The first-order chi connectivity index (χ1) is 6.74. The summed E-state index contributed by atoms with van der Waals surface area (Å²) in [6, 6.07) is 0. The summed E-state index contributed by atoms with van der Waals surface area (Å²) in [7, 11) is 0. The molecule has 0 aromatic rings. The first-order valence-electron chi connectivity index (χ1n) is 5.41. The topological polar surface area (TPSA) is 52.6 Å². The van der Waals surface area contributed by atoms with Crippen molar-refractivity contribution in [3.05, 3.63) is 0 Å². The summed E-state index contributed by atoms with van der Waals surface area (Å²) >= 11 is 0. The number of carbonyl (C=O) groups is 1. The van der Waals surface area contributed by atoms with E-state index in [0.717, 1.165) is 25.4 Å². The van der Waals surface area contributed by atoms with Crippen molar-refractivity contribution in [1.82, 2.24) is 10.2 Å². The minimum atomic E-state index is -0.230. The summed E-state index contributed by atoms with van der Waals surface area (Å²) in [5.74, 6) is 0.842. The molecule has 0 radical (unpaired) electrons. The van der Waals surface area contributed by atoms with Gasteiger partial charge in [0.25, 0.3) is 0 Å². The molecule has 1 aliphatic heterocycles. The number of hydrogen-bond acceptors (Lipinski definition) is 3. The van der Waals surface area contributed by atoms with Gasteiger partial charge < -0.3 is 10.4 Å². The minimum absolute atomic E-state index is 0.103. The highest BCUT2D eigenvalue weighted by molar-refractivity contribution is 5.78. The van der Waals surface area contributed by atoms with Gasteiger partial charge in [0.2, 0.25) is 5.91 Å². The van der Waals surface area contributed by atoms with E-state index in [2.05, 4.69) is 5.32 Å². The second-order valence-electron chi connectivity index (χ2n) is 4.43. The number of β-amino-alcohol motifs (C(OH)–C–C–N with tert-alkyl or cyclic N) is 1. The fraction of sp³-hybridized carbons (Fsp3) is 0.900. The summed E-state index contributed by atoms with van der Waals surface area (Å²) in [4.78, 5) is 13.4. The molecule has 1 saturated heterocycles. The Morgan fingerprint density at radius 2 is 2.21 bits per heavy atom. The van der Waals surface area contributed by atoms with Crippen molar-refractivity contribution in [3.63, 3.8) is 0 Å². The van der Waals surface area contributed by atoms with E-state index in [-0.39, 0.29) is 12.0 Å². The van der Waals surface area contributed by atoms with E-state index in [1.807, 2.05) is 4.90 Å². The molecule has 0 aromatic heterocycles. The molecule has 1 aliphatic carbocycles. The van der Waals surface area contributed by atoms with Crippen molar-refractivity contribution in [2.75, 3.05) is 26.2 Å². The number of likely N-dealkylation sites (tertiary alicyclic amines) is 1. The Labute approximate surface area is 84.3 Å². The molecule has 1 amide bonds. The van der Waals surface area contributed by atoms with Gasteiger partial charge in [0.05, 0.1) is 12.6 Å². The van der Waals surface area contributed by atoms with Crippen molar-refractivity contribution in [1.29, 1.82) is 0 Å². The summed E-state index contributed by atoms with van der Waals surface area (Å²) in [6.45, 7) is 2.79. The third kappa shape index (κ3) is 2.96. The highest BCUT2D eigenvalue weighted by atomic mass is 16.3. The molecule has 0 unspecified atom stereocenters. The summed E-state index contributed by atoms with van der Waals surface area (Å²) in [6.07, 6.45) is 3.10. The van der Waals surface area contributed by atoms with Gasteiger partial charge in [-0.1, -0.05) is 0 Å². The molecule has 0 bridgehead atoms. The van der Waals surface area contributed by atoms with E-state index in [0.29, 0.717) is 13.1 Å². The summed E-state index contributed by atoms with van der Waals surface area (Å²) in [5, 5.41) is 12.2. The standard InChI is InChI=1S/C10H18N2O2/c13-9-3-4-12(6-9)7-10(14)11-5-8-1-2-8/h8-9,13H,1-7H2,(H,11,14)/t9-/m0/s1. The largest absolute Gasteiger partial charge is 0.392 e. The van der Waals surface area contributed by atoms with Gasteiger partial charge in [-0.25, -0.2) is 0 Å². The van der Waals surface area contributed by atoms with Gasteiger partial charge in [0.1, 0.15) is 0 Å². The number of nitrogens with one attached hydrogen (secondary N) is 1. The molecule has 2 rings (SSSR count). The molecule has 2 aliphatic rings. The van der Waals surface area contributed by atoms with Crippen LogP contribution in [0, 0.1) is 5.92 Å². The van der Waals surface area contributed by atoms with Gasteiger partial charge in [-0.05, 0) is 25.2 Å². The van der Waals surface area contributed by atoms with E-state index >= 15 is 0 Å². The van der Waals surface area contributed by atoms with Gasteiger partial charge in [-0.2, -0.15) is 0 Å². The van der Waals surface area contributed by atoms with Crippen molar-refractivity contribution in [3.8, 4) is 0 Å². The molecular weight excluding hydrogens is 180 g/mol. The van der Waals surface area contributed by atoms with E-state index in [1.165, 1.54) is 12.8 Å². The van der Waals surface area contributed by atoms with Crippen molar-refractivity contribution < 1.29 is 9.90 Å². The Morgan fingerprint density at radius 1 is 1.43 bits per heavy atom. The molecule has 4 nitrogen and oxygen atoms in total. The van der Waals surface area contributed by atoms with Crippen LogP contribution < -0.4 is 5.32 Å². The molecule has 14 heavy (non-hydrogen) atoms. The zero-order chi connectivity index (χ0) is 9.97. The van der Waals surface area contributed by atoms with Gasteiger partial charge in [0.15, 0.2) is 0 Å². The summed E-state index contributed by atoms with van der Waals surface area (Å²) < 4.78 is 0. The average molecular weight is 198 g/mol. The monoisotopic (exact) mass is 198 g/mol. The van der Waals surface area contributed by atoms with Crippen LogP contribution in [-0.2, 0) is 4.79 Å². The maximum atomic E-state index is 11.4. The normalized spacial score (nSPS) is 27.9. The zero-order valence-corrected chi connectivity index (χ0v) is 8.41. The molecular formula is C10H18N2O2. The smallest absolute Gasteiger partial charge is 0.234 e. The Kier molecular flexibility index (Phi) is 3.03. The van der Waals surface area contributed by atoms with E-state index < -0.39 is 0 Å². The maximum absolute atomic E-state index is 11.4. The van der Waals surface area contributed by atoms with Gasteiger partial charge in [-0.15, -0.1) is 0 Å². The fourth-order valence-electron chi connectivity index (χ4n) is 1.79. The first kappa shape index (κ1) is 9.93. The molecule has 2 fully saturated rings. The quantitative estimate of drug-likeness (QED) is 0.645. The lowest BCUT2D eigenvalue weighted by atomic mass is 10.3. The number of rotatable bonds is 4. The lowest BCUT2D eigenvalue weighted by Crippen LogP contribution is -2.37. The molecule has 4 heteroatoms. The van der Waals surface area contributed by atoms with Crippen LogP contribution >= 0.6 is 0 Å². The lowest BCUT2D eigenvalue weighted by molar-refractivity contribution is -0.122. The number of hydrogen-bond donors (Lipinski definition) is 2. The molecule has 0 spiro atoms. The van der Waals surface area contributed by atoms with Crippen LogP contribution in [0.1, 0.15) is 19.3 Å². The molecule has 1 atom stereocenters. The van der Waals surface area contributed by atoms with Crippen LogP contribution in [0.25, 0.3) is 0 Å². The number of nitrogens with zero attached hydrogens (tertiary/aromatic N) is 1. The van der Waals surface area contributed by atoms with Crippen molar-refractivity contribution in [2.24, 2.45) is 5.92 Å². The molecule has 80 valence electrons. The van der Waals surface area contributed by atoms with Crippen LogP contribution in [0.4, 0.5) is 0 Å². The maximum Gasteiger partial charge on any atom is 0.234 e. The van der Waals surface area contributed by atoms with E-state index in [1.54, 1.807) is 0 Å². The van der Waals surface area contributed by atoms with Gasteiger partial charge in [0, 0.05) is 19.6 Å². The molecule has 2 N–H and O–H groups in total. The molecule has 1 saturated carbocycles. The average Bonchev–Trinajstić information content (AvgIpc) is 2.88. The Morgan fingerprint density at radius 3 is 2.79 bits per heavy atom. The third-order valence-corrected chi connectivity index (χ3v) is 2.90. The Balaban J connectivity index is 1.61. The Hall–Kier alpha value is -0.610. The number of amides is 1. The number of carbonyl (C=O) groups excluding carboxylic acids is 1. The fourth-order valence-corrected chi connectivity index (χ4v) is 1.79. The number of aliphatic hydroxyl groups is 1. The van der Waals surface area contributed by atoms with Crippen LogP contribution in [0.5, 0.6) is 0 Å². The lowest BCUT2D eigenvalue weighted by Gasteiger charge is -2.14. The van der Waals surface area contributed by atoms with Crippen LogP contribution in [0.15, 0.2) is 0 Å². The van der Waals surface area contributed by atoms with Crippen LogP contribution in [-0.4, -0.2) is 48.2 Å². The van der Waals surface area contributed by atoms with E-state index in [9.17, 15) is 9.90 Å². The predicted octanol–water partition coefficient (Wildman–Crippen LogP) is -0.421. The minimum Gasteiger partial charge on any atom is -0.392 e.